The third kappa shape index (κ3) is 3.54. The number of carbonyl (C=O) groups is 1. The first-order valence-corrected chi connectivity index (χ1v) is 7.96. The molecular weight excluding hydrogens is 316 g/mol. The second-order valence-corrected chi connectivity index (χ2v) is 6.38. The van der Waals surface area contributed by atoms with Crippen LogP contribution in [0.5, 0.6) is 0 Å². The summed E-state index contributed by atoms with van der Waals surface area (Å²) in [5, 5.41) is 0.370. The molecule has 2 nitrogen and oxygen atoms in total. The Labute approximate surface area is 141 Å². The van der Waals surface area contributed by atoms with Gasteiger partial charge in [0.2, 0.25) is 5.12 Å². The van der Waals surface area contributed by atoms with Gasteiger partial charge >= 0.3 is 0 Å². The summed E-state index contributed by atoms with van der Waals surface area (Å²) in [6.07, 6.45) is 0. The standard InChI is InChI=1S/C18H19ClO2S/c1-13(2)18(21-12-17(20)22,14-6-4-3-5-7-14)15-8-10-16(19)11-9-15/h3-11,13H,12H2,1-2H3,(H,20,22)/t18-/m0/s1. The summed E-state index contributed by atoms with van der Waals surface area (Å²) < 4.78 is 6.10. The summed E-state index contributed by atoms with van der Waals surface area (Å²) in [4.78, 5) is 11.3. The number of carbonyl (C=O) groups excluding carboxylic acids is 1. The van der Waals surface area contributed by atoms with E-state index in [1.807, 2.05) is 54.6 Å². The van der Waals surface area contributed by atoms with Crippen molar-refractivity contribution in [2.75, 3.05) is 6.61 Å². The molecule has 0 radical (unpaired) electrons. The highest BCUT2D eigenvalue weighted by Gasteiger charge is 2.39. The Bertz CT molecular complexity index is 625. The second kappa shape index (κ2) is 7.32. The van der Waals surface area contributed by atoms with Crippen molar-refractivity contribution in [3.05, 3.63) is 70.7 Å². The molecule has 0 amide bonds. The van der Waals surface area contributed by atoms with E-state index in [1.165, 1.54) is 0 Å². The quantitative estimate of drug-likeness (QED) is 0.774. The molecule has 2 aromatic carbocycles. The molecule has 0 N–H and O–H groups in total. The Hall–Kier alpha value is -1.29. The molecule has 0 aliphatic heterocycles. The zero-order valence-electron chi connectivity index (χ0n) is 12.6. The van der Waals surface area contributed by atoms with Crippen molar-refractivity contribution in [3.63, 3.8) is 0 Å². The number of hydrogen-bond acceptors (Lipinski definition) is 2. The highest BCUT2D eigenvalue weighted by Crippen LogP contribution is 2.40. The second-order valence-electron chi connectivity index (χ2n) is 5.45. The van der Waals surface area contributed by atoms with Crippen molar-refractivity contribution < 1.29 is 9.53 Å². The molecule has 0 aromatic heterocycles. The van der Waals surface area contributed by atoms with Gasteiger partial charge in [-0.3, -0.25) is 4.79 Å². The Morgan fingerprint density at radius 1 is 1.09 bits per heavy atom. The van der Waals surface area contributed by atoms with E-state index in [0.717, 1.165) is 11.1 Å². The van der Waals surface area contributed by atoms with Gasteiger partial charge in [0.05, 0.1) is 0 Å². The van der Waals surface area contributed by atoms with Gasteiger partial charge in [0, 0.05) is 5.02 Å². The third-order valence-corrected chi connectivity index (χ3v) is 4.09. The lowest BCUT2D eigenvalue weighted by molar-refractivity contribution is -0.123. The number of rotatable bonds is 6. The summed E-state index contributed by atoms with van der Waals surface area (Å²) in [5.41, 5.74) is 1.25. The summed E-state index contributed by atoms with van der Waals surface area (Å²) in [6.45, 7) is 4.09. The number of ether oxygens (including phenoxy) is 1. The smallest absolute Gasteiger partial charge is 0.211 e. The van der Waals surface area contributed by atoms with Crippen molar-refractivity contribution >= 4 is 29.3 Å². The zero-order chi connectivity index (χ0) is 16.2. The molecule has 0 aliphatic rings. The normalized spacial score (nSPS) is 13.9. The van der Waals surface area contributed by atoms with Crippen LogP contribution in [0.2, 0.25) is 5.02 Å². The van der Waals surface area contributed by atoms with Crippen molar-refractivity contribution in [1.29, 1.82) is 0 Å². The molecule has 0 saturated heterocycles. The summed E-state index contributed by atoms with van der Waals surface area (Å²) >= 11 is 9.84. The molecule has 0 saturated carbocycles. The molecule has 0 unspecified atom stereocenters. The Kier molecular flexibility index (Phi) is 5.68. The fourth-order valence-corrected chi connectivity index (χ4v) is 2.92. The van der Waals surface area contributed by atoms with Gasteiger partial charge < -0.3 is 4.74 Å². The van der Waals surface area contributed by atoms with Crippen LogP contribution in [0.25, 0.3) is 0 Å². The molecule has 2 rings (SSSR count). The molecule has 0 heterocycles. The number of hydrogen-bond donors (Lipinski definition) is 1. The van der Waals surface area contributed by atoms with Crippen LogP contribution < -0.4 is 0 Å². The summed E-state index contributed by atoms with van der Waals surface area (Å²) in [5.74, 6) is 0.115. The van der Waals surface area contributed by atoms with Crippen molar-refractivity contribution in [2.24, 2.45) is 5.92 Å². The molecule has 0 aliphatic carbocycles. The number of halogens is 1. The van der Waals surface area contributed by atoms with Crippen molar-refractivity contribution in [1.82, 2.24) is 0 Å². The van der Waals surface area contributed by atoms with Gasteiger partial charge in [-0.05, 0) is 29.2 Å². The molecular formula is C18H19ClO2S. The summed E-state index contributed by atoms with van der Waals surface area (Å²) in [6, 6.07) is 17.5. The van der Waals surface area contributed by atoms with Crippen molar-refractivity contribution in [3.8, 4) is 0 Å². The monoisotopic (exact) mass is 334 g/mol. The molecule has 2 aromatic rings. The van der Waals surface area contributed by atoms with Gasteiger partial charge in [0.1, 0.15) is 12.2 Å². The molecule has 0 fully saturated rings. The molecule has 1 atom stereocenters. The lowest BCUT2D eigenvalue weighted by atomic mass is 9.77. The predicted molar refractivity (Wildman–Crippen MR) is 93.5 cm³/mol. The third-order valence-electron chi connectivity index (χ3n) is 3.71. The van der Waals surface area contributed by atoms with Gasteiger partial charge in [-0.15, -0.1) is 12.6 Å². The molecule has 116 valence electrons. The maximum atomic E-state index is 11.3. The molecule has 0 bridgehead atoms. The van der Waals surface area contributed by atoms with Gasteiger partial charge in [0.25, 0.3) is 0 Å². The van der Waals surface area contributed by atoms with Crippen LogP contribution in [-0.4, -0.2) is 11.7 Å². The maximum absolute atomic E-state index is 11.3. The maximum Gasteiger partial charge on any atom is 0.211 e. The topological polar surface area (TPSA) is 26.3 Å². The first-order valence-electron chi connectivity index (χ1n) is 7.14. The van der Waals surface area contributed by atoms with Crippen LogP contribution in [-0.2, 0) is 15.1 Å². The first-order chi connectivity index (χ1) is 10.5. The van der Waals surface area contributed by atoms with E-state index in [4.69, 9.17) is 16.3 Å². The van der Waals surface area contributed by atoms with Gasteiger partial charge in [-0.1, -0.05) is 67.9 Å². The molecule has 4 heteroatoms. The lowest BCUT2D eigenvalue weighted by Crippen LogP contribution is -2.38. The minimum atomic E-state index is -0.718. The largest absolute Gasteiger partial charge is 0.357 e. The van der Waals surface area contributed by atoms with E-state index in [1.54, 1.807) is 0 Å². The fourth-order valence-electron chi connectivity index (χ4n) is 2.73. The molecule has 22 heavy (non-hydrogen) atoms. The van der Waals surface area contributed by atoms with Gasteiger partial charge in [0.15, 0.2) is 0 Å². The minimum Gasteiger partial charge on any atom is -0.357 e. The Morgan fingerprint density at radius 2 is 1.64 bits per heavy atom. The van der Waals surface area contributed by atoms with Crippen LogP contribution in [0.4, 0.5) is 0 Å². The predicted octanol–water partition coefficient (Wildman–Crippen LogP) is 4.71. The van der Waals surface area contributed by atoms with Gasteiger partial charge in [-0.2, -0.15) is 0 Å². The Balaban J connectivity index is 2.59. The van der Waals surface area contributed by atoms with E-state index in [-0.39, 0.29) is 17.6 Å². The Morgan fingerprint density at radius 3 is 2.14 bits per heavy atom. The molecule has 0 spiro atoms. The van der Waals surface area contributed by atoms with E-state index < -0.39 is 5.60 Å². The highest BCUT2D eigenvalue weighted by atomic mass is 35.5. The highest BCUT2D eigenvalue weighted by molar-refractivity contribution is 7.96. The van der Waals surface area contributed by atoms with E-state index in [9.17, 15) is 4.79 Å². The fraction of sp³-hybridized carbons (Fsp3) is 0.278. The van der Waals surface area contributed by atoms with Crippen LogP contribution in [0.3, 0.4) is 0 Å². The average molecular weight is 335 g/mol. The number of thiol groups is 1. The van der Waals surface area contributed by atoms with Gasteiger partial charge in [-0.25, -0.2) is 0 Å². The van der Waals surface area contributed by atoms with Crippen LogP contribution in [0, 0.1) is 5.92 Å². The minimum absolute atomic E-state index is 0.0567. The zero-order valence-corrected chi connectivity index (χ0v) is 14.3. The SMILES string of the molecule is CC(C)[C@](OCC(=O)S)(c1ccccc1)c1ccc(Cl)cc1. The van der Waals surface area contributed by atoms with E-state index >= 15 is 0 Å². The van der Waals surface area contributed by atoms with Crippen LogP contribution >= 0.6 is 24.2 Å². The number of benzene rings is 2. The van der Waals surface area contributed by atoms with E-state index in [0.29, 0.717) is 5.02 Å². The van der Waals surface area contributed by atoms with Crippen molar-refractivity contribution in [2.45, 2.75) is 19.4 Å². The van der Waals surface area contributed by atoms with Crippen LogP contribution in [0.1, 0.15) is 25.0 Å². The van der Waals surface area contributed by atoms with Crippen LogP contribution in [0.15, 0.2) is 54.6 Å². The van der Waals surface area contributed by atoms with E-state index in [2.05, 4.69) is 26.5 Å². The average Bonchev–Trinajstić information content (AvgIpc) is 2.50. The first kappa shape index (κ1) is 17.1. The lowest BCUT2D eigenvalue weighted by Gasteiger charge is -2.38. The summed E-state index contributed by atoms with van der Waals surface area (Å²) in [7, 11) is 0.